The molecule has 1 aliphatic heterocycles. The fraction of sp³-hybridized carbons (Fsp3) is 0.500. The van der Waals surface area contributed by atoms with E-state index >= 15 is 0 Å². The van der Waals surface area contributed by atoms with Gasteiger partial charge in [-0.2, -0.15) is 0 Å². The summed E-state index contributed by atoms with van der Waals surface area (Å²) in [6, 6.07) is 4.19. The van der Waals surface area contributed by atoms with Gasteiger partial charge in [0.2, 0.25) is 5.91 Å². The van der Waals surface area contributed by atoms with E-state index in [0.29, 0.717) is 36.6 Å². The monoisotopic (exact) mass is 321 g/mol. The zero-order chi connectivity index (χ0) is 17.0. The molecule has 2 amide bonds. The molecule has 0 aromatic heterocycles. The van der Waals surface area contributed by atoms with E-state index in [-0.39, 0.29) is 17.9 Å². The molecular formula is C16H23N3O4. The molecule has 1 heterocycles. The molecule has 1 aromatic rings. The number of nitrogens with two attached hydrogens (primary N) is 1. The molecule has 0 spiro atoms. The molecule has 3 N–H and O–H groups in total. The topological polar surface area (TPSA) is 93.9 Å². The van der Waals surface area contributed by atoms with Crippen molar-refractivity contribution >= 4 is 11.8 Å². The summed E-state index contributed by atoms with van der Waals surface area (Å²) in [7, 11) is 3.04. The average Bonchev–Trinajstić information content (AvgIpc) is 2.95. The number of rotatable bonds is 5. The summed E-state index contributed by atoms with van der Waals surface area (Å²) in [5, 5.41) is 2.75. The number of ether oxygens (including phenoxy) is 2. The quantitative estimate of drug-likeness (QED) is 0.818. The largest absolute Gasteiger partial charge is 0.497 e. The van der Waals surface area contributed by atoms with Gasteiger partial charge in [-0.15, -0.1) is 0 Å². The first-order valence-electron chi connectivity index (χ1n) is 7.57. The van der Waals surface area contributed by atoms with Crippen LogP contribution in [0, 0.1) is 0 Å². The number of hydrogen-bond donors (Lipinski definition) is 2. The predicted molar refractivity (Wildman–Crippen MR) is 85.6 cm³/mol. The average molecular weight is 321 g/mol. The van der Waals surface area contributed by atoms with Gasteiger partial charge < -0.3 is 25.4 Å². The van der Waals surface area contributed by atoms with Gasteiger partial charge in [0.05, 0.1) is 14.2 Å². The van der Waals surface area contributed by atoms with Crippen molar-refractivity contribution in [2.24, 2.45) is 5.73 Å². The molecule has 0 aliphatic carbocycles. The fourth-order valence-electron chi connectivity index (χ4n) is 2.73. The highest BCUT2D eigenvalue weighted by Crippen LogP contribution is 2.26. The SMILES string of the molecule is CCNC(=O)[C@@H]1C[C@@H](N)CN1C(=O)c1cc(OC)cc(OC)c1. The van der Waals surface area contributed by atoms with Crippen LogP contribution in [0.1, 0.15) is 23.7 Å². The maximum atomic E-state index is 12.8. The van der Waals surface area contributed by atoms with Crippen LogP contribution in [0.4, 0.5) is 0 Å². The number of likely N-dealkylation sites (tertiary alicyclic amines) is 1. The predicted octanol–water partition coefficient (Wildman–Crippen LogP) is 0.382. The zero-order valence-corrected chi connectivity index (χ0v) is 13.7. The van der Waals surface area contributed by atoms with Crippen LogP contribution < -0.4 is 20.5 Å². The summed E-state index contributed by atoms with van der Waals surface area (Å²) < 4.78 is 10.4. The Balaban J connectivity index is 2.29. The molecule has 0 unspecified atom stereocenters. The van der Waals surface area contributed by atoms with Gasteiger partial charge in [-0.05, 0) is 25.5 Å². The van der Waals surface area contributed by atoms with E-state index in [1.165, 1.54) is 19.1 Å². The Morgan fingerprint density at radius 3 is 2.39 bits per heavy atom. The Morgan fingerprint density at radius 2 is 1.87 bits per heavy atom. The molecule has 2 atom stereocenters. The number of nitrogens with zero attached hydrogens (tertiary/aromatic N) is 1. The molecule has 23 heavy (non-hydrogen) atoms. The molecule has 126 valence electrons. The van der Waals surface area contributed by atoms with Gasteiger partial charge in [0.15, 0.2) is 0 Å². The van der Waals surface area contributed by atoms with Crippen molar-refractivity contribution in [1.29, 1.82) is 0 Å². The van der Waals surface area contributed by atoms with Crippen molar-refractivity contribution in [2.75, 3.05) is 27.3 Å². The first-order chi connectivity index (χ1) is 11.0. The summed E-state index contributed by atoms with van der Waals surface area (Å²) in [6.07, 6.45) is 0.457. The highest BCUT2D eigenvalue weighted by Gasteiger charge is 2.38. The van der Waals surface area contributed by atoms with E-state index in [0.717, 1.165) is 0 Å². The molecule has 1 aromatic carbocycles. The van der Waals surface area contributed by atoms with Crippen LogP contribution in [0.3, 0.4) is 0 Å². The molecule has 1 aliphatic rings. The van der Waals surface area contributed by atoms with Crippen molar-refractivity contribution in [2.45, 2.75) is 25.4 Å². The van der Waals surface area contributed by atoms with Gasteiger partial charge in [-0.1, -0.05) is 0 Å². The molecule has 0 bridgehead atoms. The minimum Gasteiger partial charge on any atom is -0.497 e. The molecule has 0 saturated carbocycles. The van der Waals surface area contributed by atoms with E-state index in [4.69, 9.17) is 15.2 Å². The number of methoxy groups -OCH3 is 2. The van der Waals surface area contributed by atoms with Crippen LogP contribution >= 0.6 is 0 Å². The first-order valence-corrected chi connectivity index (χ1v) is 7.57. The minimum atomic E-state index is -0.547. The fourth-order valence-corrected chi connectivity index (χ4v) is 2.73. The Morgan fingerprint density at radius 1 is 1.26 bits per heavy atom. The minimum absolute atomic E-state index is 0.177. The maximum absolute atomic E-state index is 12.8. The van der Waals surface area contributed by atoms with Crippen molar-refractivity contribution in [3.05, 3.63) is 23.8 Å². The van der Waals surface area contributed by atoms with Gasteiger partial charge in [0.25, 0.3) is 5.91 Å². The van der Waals surface area contributed by atoms with Gasteiger partial charge in [0, 0.05) is 30.8 Å². The number of nitrogens with one attached hydrogen (secondary N) is 1. The van der Waals surface area contributed by atoms with Crippen molar-refractivity contribution in [1.82, 2.24) is 10.2 Å². The number of amides is 2. The van der Waals surface area contributed by atoms with Crippen LogP contribution in [-0.4, -0.2) is 56.1 Å². The van der Waals surface area contributed by atoms with Crippen LogP contribution in [-0.2, 0) is 4.79 Å². The van der Waals surface area contributed by atoms with Crippen LogP contribution in [0.25, 0.3) is 0 Å². The van der Waals surface area contributed by atoms with E-state index < -0.39 is 6.04 Å². The molecule has 1 fully saturated rings. The lowest BCUT2D eigenvalue weighted by molar-refractivity contribution is -0.124. The first kappa shape index (κ1) is 17.1. The second-order valence-corrected chi connectivity index (χ2v) is 5.47. The third kappa shape index (κ3) is 3.73. The van der Waals surface area contributed by atoms with Crippen molar-refractivity contribution in [3.8, 4) is 11.5 Å². The lowest BCUT2D eigenvalue weighted by atomic mass is 10.1. The van der Waals surface area contributed by atoms with Gasteiger partial charge in [0.1, 0.15) is 17.5 Å². The highest BCUT2D eigenvalue weighted by molar-refractivity contribution is 5.98. The number of carbonyl (C=O) groups excluding carboxylic acids is 2. The van der Waals surface area contributed by atoms with E-state index in [1.54, 1.807) is 18.2 Å². The molecule has 0 radical (unpaired) electrons. The Labute approximate surface area is 135 Å². The third-order valence-corrected chi connectivity index (χ3v) is 3.85. The number of benzene rings is 1. The summed E-state index contributed by atoms with van der Waals surface area (Å²) in [5.41, 5.74) is 6.36. The molecular weight excluding hydrogens is 298 g/mol. The van der Waals surface area contributed by atoms with Crippen LogP contribution in [0.15, 0.2) is 18.2 Å². The highest BCUT2D eigenvalue weighted by atomic mass is 16.5. The Kier molecular flexibility index (Phi) is 5.44. The van der Waals surface area contributed by atoms with Crippen molar-refractivity contribution < 1.29 is 19.1 Å². The van der Waals surface area contributed by atoms with E-state index in [9.17, 15) is 9.59 Å². The second kappa shape index (κ2) is 7.32. The summed E-state index contributed by atoms with van der Waals surface area (Å²) in [6.45, 7) is 2.70. The molecule has 7 nitrogen and oxygen atoms in total. The van der Waals surface area contributed by atoms with Crippen LogP contribution in [0.5, 0.6) is 11.5 Å². The number of carbonyl (C=O) groups is 2. The summed E-state index contributed by atoms with van der Waals surface area (Å²) in [5.74, 6) is 0.603. The van der Waals surface area contributed by atoms with Gasteiger partial charge >= 0.3 is 0 Å². The third-order valence-electron chi connectivity index (χ3n) is 3.85. The Hall–Kier alpha value is -2.28. The number of hydrogen-bond acceptors (Lipinski definition) is 5. The summed E-state index contributed by atoms with van der Waals surface area (Å²) in [4.78, 5) is 26.5. The standard InChI is InChI=1S/C16H23N3O4/c1-4-18-15(20)14-7-11(17)9-19(14)16(21)10-5-12(22-2)8-13(6-10)23-3/h5-6,8,11,14H,4,7,9,17H2,1-3H3,(H,18,20)/t11-,14+/m1/s1. The summed E-state index contributed by atoms with van der Waals surface area (Å²) >= 11 is 0. The molecule has 2 rings (SSSR count). The normalized spacial score (nSPS) is 20.3. The maximum Gasteiger partial charge on any atom is 0.254 e. The van der Waals surface area contributed by atoms with Gasteiger partial charge in [-0.25, -0.2) is 0 Å². The number of likely N-dealkylation sites (N-methyl/N-ethyl adjacent to an activating group) is 1. The lowest BCUT2D eigenvalue weighted by Gasteiger charge is -2.24. The second-order valence-electron chi connectivity index (χ2n) is 5.47. The van der Waals surface area contributed by atoms with E-state index in [2.05, 4.69) is 5.32 Å². The van der Waals surface area contributed by atoms with Crippen LogP contribution in [0.2, 0.25) is 0 Å². The smallest absolute Gasteiger partial charge is 0.254 e. The molecule has 7 heteroatoms. The zero-order valence-electron chi connectivity index (χ0n) is 13.7. The lowest BCUT2D eigenvalue weighted by Crippen LogP contribution is -2.45. The van der Waals surface area contributed by atoms with Gasteiger partial charge in [-0.3, -0.25) is 9.59 Å². The van der Waals surface area contributed by atoms with Crippen molar-refractivity contribution in [3.63, 3.8) is 0 Å². The molecule has 1 saturated heterocycles. The Bertz CT molecular complexity index is 568. The van der Waals surface area contributed by atoms with E-state index in [1.807, 2.05) is 6.92 Å².